The zero-order chi connectivity index (χ0) is 11.9. The molecule has 0 unspecified atom stereocenters. The van der Waals surface area contributed by atoms with Gasteiger partial charge in [-0.3, -0.25) is 9.38 Å². The lowest BCUT2D eigenvalue weighted by molar-refractivity contribution is 1.14. The maximum Gasteiger partial charge on any atom is 0.214 e. The minimum Gasteiger partial charge on any atom is -0.264 e. The van der Waals surface area contributed by atoms with Crippen LogP contribution in [-0.4, -0.2) is 23.7 Å². The summed E-state index contributed by atoms with van der Waals surface area (Å²) in [7, 11) is 0. The number of benzene rings is 1. The van der Waals surface area contributed by atoms with Crippen molar-refractivity contribution < 1.29 is 0 Å². The highest BCUT2D eigenvalue weighted by molar-refractivity contribution is 7.11. The lowest BCUT2D eigenvalue weighted by atomic mass is 10.3. The largest absolute Gasteiger partial charge is 0.264 e. The number of rotatable bonds is 1. The van der Waals surface area contributed by atoms with E-state index >= 15 is 0 Å². The van der Waals surface area contributed by atoms with Crippen LogP contribution in [0.15, 0.2) is 42.9 Å². The van der Waals surface area contributed by atoms with E-state index in [0.29, 0.717) is 0 Å². The predicted octanol–water partition coefficient (Wildman–Crippen LogP) is 2.40. The van der Waals surface area contributed by atoms with E-state index in [4.69, 9.17) is 0 Å². The molecule has 0 saturated carbocycles. The van der Waals surface area contributed by atoms with Crippen LogP contribution < -0.4 is 0 Å². The van der Waals surface area contributed by atoms with Crippen LogP contribution in [-0.2, 0) is 0 Å². The Morgan fingerprint density at radius 3 is 2.94 bits per heavy atom. The third-order valence-electron chi connectivity index (χ3n) is 2.75. The third kappa shape index (κ3) is 1.26. The van der Waals surface area contributed by atoms with Crippen molar-refractivity contribution in [3.8, 4) is 11.5 Å². The van der Waals surface area contributed by atoms with Crippen molar-refractivity contribution in [1.82, 2.24) is 23.7 Å². The molecule has 0 radical (unpaired) electrons. The maximum atomic E-state index is 4.53. The minimum atomic E-state index is 0.756. The molecule has 4 rings (SSSR count). The summed E-state index contributed by atoms with van der Waals surface area (Å²) in [4.78, 5) is 13.8. The second kappa shape index (κ2) is 3.58. The molecule has 0 aliphatic heterocycles. The van der Waals surface area contributed by atoms with Crippen LogP contribution in [0.4, 0.5) is 0 Å². The average Bonchev–Trinajstić information content (AvgIpc) is 2.98. The molecule has 0 fully saturated rings. The molecule has 0 N–H and O–H groups in total. The van der Waals surface area contributed by atoms with E-state index in [0.717, 1.165) is 27.5 Å². The Labute approximate surface area is 106 Å². The van der Waals surface area contributed by atoms with E-state index < -0.39 is 0 Å². The topological polar surface area (TPSA) is 56.0 Å². The molecule has 0 spiro atoms. The first-order chi connectivity index (χ1) is 8.93. The highest BCUT2D eigenvalue weighted by Crippen LogP contribution is 2.25. The Morgan fingerprint density at radius 1 is 1.11 bits per heavy atom. The Kier molecular flexibility index (Phi) is 1.92. The Balaban J connectivity index is 2.13. The van der Waals surface area contributed by atoms with Gasteiger partial charge in [-0.2, -0.15) is 4.37 Å². The smallest absolute Gasteiger partial charge is 0.214 e. The summed E-state index contributed by atoms with van der Waals surface area (Å²) in [6.45, 7) is 0. The third-order valence-corrected chi connectivity index (χ3v) is 3.45. The number of aromatic nitrogens is 5. The van der Waals surface area contributed by atoms with Gasteiger partial charge in [0.25, 0.3) is 0 Å². The van der Waals surface area contributed by atoms with Crippen LogP contribution in [0.5, 0.6) is 0 Å². The van der Waals surface area contributed by atoms with Crippen molar-refractivity contribution in [2.24, 2.45) is 0 Å². The molecule has 0 bridgehead atoms. The molecule has 1 aromatic carbocycles. The first-order valence-electron chi connectivity index (χ1n) is 5.43. The number of imidazole rings is 1. The van der Waals surface area contributed by atoms with Crippen molar-refractivity contribution >= 4 is 27.5 Å². The molecule has 0 aliphatic carbocycles. The second-order valence-corrected chi connectivity index (χ2v) is 4.55. The quantitative estimate of drug-likeness (QED) is 0.522. The van der Waals surface area contributed by atoms with Gasteiger partial charge in [-0.1, -0.05) is 12.1 Å². The van der Waals surface area contributed by atoms with Crippen LogP contribution in [0.1, 0.15) is 0 Å². The fourth-order valence-corrected chi connectivity index (χ4v) is 2.72. The lowest BCUT2D eigenvalue weighted by Gasteiger charge is -1.97. The van der Waals surface area contributed by atoms with Gasteiger partial charge in [0.05, 0.1) is 17.2 Å². The number of para-hydroxylation sites is 2. The molecule has 3 aromatic heterocycles. The van der Waals surface area contributed by atoms with Crippen molar-refractivity contribution in [2.75, 3.05) is 0 Å². The average molecular weight is 253 g/mol. The minimum absolute atomic E-state index is 0.756. The van der Waals surface area contributed by atoms with Gasteiger partial charge < -0.3 is 0 Å². The van der Waals surface area contributed by atoms with Crippen LogP contribution in [0.25, 0.3) is 27.5 Å². The van der Waals surface area contributed by atoms with Gasteiger partial charge in [0.2, 0.25) is 4.96 Å². The molecular formula is C12H7N5S. The molecule has 86 valence electrons. The summed E-state index contributed by atoms with van der Waals surface area (Å²) in [6, 6.07) is 8.00. The number of hydrogen-bond donors (Lipinski definition) is 0. The van der Waals surface area contributed by atoms with E-state index in [2.05, 4.69) is 19.3 Å². The van der Waals surface area contributed by atoms with E-state index in [-0.39, 0.29) is 0 Å². The molecule has 3 heterocycles. The standard InChI is InChI=1S/C12H7N5S/c1-2-4-10-8(3-1)15-12-17(10)11(16-18-12)9-7-13-5-6-14-9/h1-7H. The first kappa shape index (κ1) is 9.67. The van der Waals surface area contributed by atoms with Crippen molar-refractivity contribution in [1.29, 1.82) is 0 Å². The van der Waals surface area contributed by atoms with Crippen LogP contribution >= 0.6 is 11.5 Å². The Bertz CT molecular complexity index is 833. The monoisotopic (exact) mass is 253 g/mol. The molecule has 6 heteroatoms. The van der Waals surface area contributed by atoms with Crippen LogP contribution in [0.3, 0.4) is 0 Å². The SMILES string of the molecule is c1ccc2c(c1)nc1snc(-c3cnccn3)n12. The van der Waals surface area contributed by atoms with E-state index in [1.165, 1.54) is 11.5 Å². The molecule has 18 heavy (non-hydrogen) atoms. The maximum absolute atomic E-state index is 4.53. The molecule has 4 aromatic rings. The van der Waals surface area contributed by atoms with Gasteiger partial charge in [0, 0.05) is 23.9 Å². The van der Waals surface area contributed by atoms with Gasteiger partial charge >= 0.3 is 0 Å². The summed E-state index contributed by atoms with van der Waals surface area (Å²) in [6.07, 6.45) is 5.03. The van der Waals surface area contributed by atoms with Gasteiger partial charge in [-0.25, -0.2) is 9.97 Å². The zero-order valence-corrected chi connectivity index (χ0v) is 10.0. The van der Waals surface area contributed by atoms with Crippen molar-refractivity contribution in [3.05, 3.63) is 42.9 Å². The highest BCUT2D eigenvalue weighted by atomic mass is 32.1. The Hall–Kier alpha value is -2.34. The summed E-state index contributed by atoms with van der Waals surface area (Å²) < 4.78 is 6.43. The van der Waals surface area contributed by atoms with E-state index in [1.54, 1.807) is 18.6 Å². The van der Waals surface area contributed by atoms with Crippen molar-refractivity contribution in [3.63, 3.8) is 0 Å². The van der Waals surface area contributed by atoms with Gasteiger partial charge in [0.1, 0.15) is 5.69 Å². The molecule has 5 nitrogen and oxygen atoms in total. The molecule has 0 aliphatic rings. The van der Waals surface area contributed by atoms with Gasteiger partial charge in [-0.15, -0.1) is 0 Å². The predicted molar refractivity (Wildman–Crippen MR) is 69.4 cm³/mol. The van der Waals surface area contributed by atoms with Crippen molar-refractivity contribution in [2.45, 2.75) is 0 Å². The summed E-state index contributed by atoms with van der Waals surface area (Å²) >= 11 is 1.37. The second-order valence-electron chi connectivity index (χ2n) is 3.82. The normalized spacial score (nSPS) is 11.3. The molecule has 0 atom stereocenters. The highest BCUT2D eigenvalue weighted by Gasteiger charge is 2.13. The lowest BCUT2D eigenvalue weighted by Crippen LogP contribution is -1.91. The van der Waals surface area contributed by atoms with Gasteiger partial charge in [0.15, 0.2) is 5.82 Å². The molecule has 0 amide bonds. The number of fused-ring (bicyclic) bond motifs is 3. The summed E-state index contributed by atoms with van der Waals surface area (Å²) in [5.41, 5.74) is 2.77. The van der Waals surface area contributed by atoms with Crippen LogP contribution in [0.2, 0.25) is 0 Å². The Morgan fingerprint density at radius 2 is 2.06 bits per heavy atom. The fourth-order valence-electron chi connectivity index (χ4n) is 1.97. The van der Waals surface area contributed by atoms with Crippen LogP contribution in [0, 0.1) is 0 Å². The zero-order valence-electron chi connectivity index (χ0n) is 9.19. The van der Waals surface area contributed by atoms with E-state index in [1.807, 2.05) is 28.7 Å². The van der Waals surface area contributed by atoms with Gasteiger partial charge in [-0.05, 0) is 12.1 Å². The first-order valence-corrected chi connectivity index (χ1v) is 6.20. The summed E-state index contributed by atoms with van der Waals surface area (Å²) in [5, 5.41) is 0. The summed E-state index contributed by atoms with van der Waals surface area (Å²) in [5.74, 6) is 0.789. The number of nitrogens with zero attached hydrogens (tertiary/aromatic N) is 5. The molecule has 0 saturated heterocycles. The molecular weight excluding hydrogens is 246 g/mol. The van der Waals surface area contributed by atoms with E-state index in [9.17, 15) is 0 Å². The number of hydrogen-bond acceptors (Lipinski definition) is 5. The fraction of sp³-hybridized carbons (Fsp3) is 0.